The van der Waals surface area contributed by atoms with E-state index in [1.807, 2.05) is 0 Å². The van der Waals surface area contributed by atoms with E-state index >= 15 is 0 Å². The molecule has 0 radical (unpaired) electrons. The first-order valence-electron chi connectivity index (χ1n) is 9.20. The van der Waals surface area contributed by atoms with Crippen molar-refractivity contribution in [2.75, 3.05) is 10.8 Å². The fraction of sp³-hybridized carbons (Fsp3) is 0.0909. The normalized spacial score (nSPS) is 11.8. The highest BCUT2D eigenvalue weighted by Gasteiger charge is 2.27. The van der Waals surface area contributed by atoms with E-state index in [9.17, 15) is 17.6 Å². The molecular formula is C22H19FIN3O3S. The van der Waals surface area contributed by atoms with Gasteiger partial charge in [-0.05, 0) is 83.6 Å². The number of sulfonamides is 1. The van der Waals surface area contributed by atoms with Crippen molar-refractivity contribution in [3.05, 3.63) is 93.8 Å². The van der Waals surface area contributed by atoms with Crippen molar-refractivity contribution < 1.29 is 17.6 Å². The Kier molecular flexibility index (Phi) is 7.39. The number of hydrogen-bond acceptors (Lipinski definition) is 4. The molecule has 0 aliphatic carbocycles. The van der Waals surface area contributed by atoms with Crippen LogP contribution in [0.15, 0.2) is 88.9 Å². The van der Waals surface area contributed by atoms with Gasteiger partial charge in [-0.15, -0.1) is 0 Å². The first kappa shape index (κ1) is 22.9. The van der Waals surface area contributed by atoms with Gasteiger partial charge in [0.1, 0.15) is 12.4 Å². The van der Waals surface area contributed by atoms with Crippen LogP contribution in [-0.2, 0) is 14.8 Å². The second-order valence-electron chi connectivity index (χ2n) is 6.54. The number of halogens is 2. The van der Waals surface area contributed by atoms with Crippen LogP contribution in [0.25, 0.3) is 0 Å². The minimum atomic E-state index is -3.98. The summed E-state index contributed by atoms with van der Waals surface area (Å²) in [6.45, 7) is 1.20. The number of anilines is 1. The van der Waals surface area contributed by atoms with Crippen LogP contribution in [0.1, 0.15) is 12.5 Å². The summed E-state index contributed by atoms with van der Waals surface area (Å²) in [6.07, 6.45) is 0. The number of nitrogens with zero attached hydrogens (tertiary/aromatic N) is 2. The fourth-order valence-corrected chi connectivity index (χ4v) is 4.51. The van der Waals surface area contributed by atoms with Crippen LogP contribution in [-0.4, -0.2) is 26.6 Å². The average Bonchev–Trinajstić information content (AvgIpc) is 2.77. The zero-order valence-corrected chi connectivity index (χ0v) is 19.5. The molecule has 0 spiro atoms. The summed E-state index contributed by atoms with van der Waals surface area (Å²) < 4.78 is 41.5. The highest BCUT2D eigenvalue weighted by Crippen LogP contribution is 2.24. The molecule has 0 saturated carbocycles. The molecule has 0 bridgehead atoms. The van der Waals surface area contributed by atoms with Crippen molar-refractivity contribution >= 4 is 49.9 Å². The Morgan fingerprint density at radius 3 is 2.23 bits per heavy atom. The second-order valence-corrected chi connectivity index (χ2v) is 9.65. The fourth-order valence-electron chi connectivity index (χ4n) is 2.71. The Balaban J connectivity index is 1.84. The number of benzene rings is 3. The zero-order chi connectivity index (χ0) is 22.4. The summed E-state index contributed by atoms with van der Waals surface area (Å²) in [4.78, 5) is 12.7. The third-order valence-corrected chi connectivity index (χ3v) is 6.85. The molecule has 0 fully saturated rings. The van der Waals surface area contributed by atoms with Crippen LogP contribution in [0, 0.1) is 9.39 Å². The molecule has 6 nitrogen and oxygen atoms in total. The molecule has 1 N–H and O–H groups in total. The molecule has 0 unspecified atom stereocenters. The smallest absolute Gasteiger partial charge is 0.264 e. The monoisotopic (exact) mass is 551 g/mol. The molecule has 0 aliphatic heterocycles. The molecule has 3 aromatic carbocycles. The molecule has 3 rings (SSSR count). The molecule has 0 saturated heterocycles. The van der Waals surface area contributed by atoms with E-state index in [1.54, 1.807) is 49.4 Å². The van der Waals surface area contributed by atoms with Gasteiger partial charge in [0.15, 0.2) is 0 Å². The molecule has 0 aromatic heterocycles. The maximum Gasteiger partial charge on any atom is 0.264 e. The van der Waals surface area contributed by atoms with Gasteiger partial charge in [0.2, 0.25) is 0 Å². The van der Waals surface area contributed by atoms with Gasteiger partial charge < -0.3 is 0 Å². The summed E-state index contributed by atoms with van der Waals surface area (Å²) in [6, 6.07) is 20.4. The molecule has 31 heavy (non-hydrogen) atoms. The molecule has 160 valence electrons. The molecule has 1 amide bonds. The number of nitrogens with one attached hydrogen (secondary N) is 1. The Hall–Kier alpha value is -2.79. The first-order valence-corrected chi connectivity index (χ1v) is 11.7. The number of amides is 1. The van der Waals surface area contributed by atoms with Crippen molar-refractivity contribution in [1.82, 2.24) is 5.43 Å². The first-order chi connectivity index (χ1) is 14.8. The van der Waals surface area contributed by atoms with Crippen LogP contribution in [0.4, 0.5) is 10.1 Å². The van der Waals surface area contributed by atoms with E-state index in [0.717, 1.165) is 7.88 Å². The quantitative estimate of drug-likeness (QED) is 0.272. The van der Waals surface area contributed by atoms with E-state index in [0.29, 0.717) is 17.0 Å². The van der Waals surface area contributed by atoms with Crippen molar-refractivity contribution in [3.8, 4) is 0 Å². The largest absolute Gasteiger partial charge is 0.271 e. The highest BCUT2D eigenvalue weighted by atomic mass is 127. The van der Waals surface area contributed by atoms with Crippen LogP contribution in [0.3, 0.4) is 0 Å². The number of hydrogen-bond donors (Lipinski definition) is 1. The lowest BCUT2D eigenvalue weighted by molar-refractivity contribution is -0.119. The summed E-state index contributed by atoms with van der Waals surface area (Å²) in [7, 11) is -3.98. The molecular weight excluding hydrogens is 532 g/mol. The van der Waals surface area contributed by atoms with Gasteiger partial charge in [0.05, 0.1) is 16.3 Å². The molecule has 0 aliphatic rings. The van der Waals surface area contributed by atoms with Crippen LogP contribution < -0.4 is 9.73 Å². The molecule has 3 aromatic rings. The SMILES string of the molecule is C/C(=N/NC(=O)CN(c1ccc(I)cc1)S(=O)(=O)c1ccccc1)c1ccc(F)cc1. The van der Waals surface area contributed by atoms with E-state index in [4.69, 9.17) is 0 Å². The van der Waals surface area contributed by atoms with Gasteiger partial charge >= 0.3 is 0 Å². The second kappa shape index (κ2) is 10.0. The summed E-state index contributed by atoms with van der Waals surface area (Å²) in [5.41, 5.74) is 3.83. The molecule has 0 atom stereocenters. The Bertz CT molecular complexity index is 1180. The third kappa shape index (κ3) is 5.88. The van der Waals surface area contributed by atoms with Crippen molar-refractivity contribution in [2.45, 2.75) is 11.8 Å². The van der Waals surface area contributed by atoms with Gasteiger partial charge in [0.25, 0.3) is 15.9 Å². The number of carbonyl (C=O) groups is 1. The van der Waals surface area contributed by atoms with Crippen LogP contribution in [0.5, 0.6) is 0 Å². The minimum Gasteiger partial charge on any atom is -0.271 e. The van der Waals surface area contributed by atoms with Gasteiger partial charge in [-0.2, -0.15) is 5.10 Å². The van der Waals surface area contributed by atoms with E-state index in [1.165, 1.54) is 36.4 Å². The third-order valence-electron chi connectivity index (χ3n) is 4.34. The molecule has 9 heteroatoms. The summed E-state index contributed by atoms with van der Waals surface area (Å²) in [5, 5.41) is 4.01. The van der Waals surface area contributed by atoms with Crippen molar-refractivity contribution in [1.29, 1.82) is 0 Å². The summed E-state index contributed by atoms with van der Waals surface area (Å²) >= 11 is 2.12. The highest BCUT2D eigenvalue weighted by molar-refractivity contribution is 14.1. The van der Waals surface area contributed by atoms with Crippen LogP contribution >= 0.6 is 22.6 Å². The van der Waals surface area contributed by atoms with E-state index in [-0.39, 0.29) is 10.7 Å². The van der Waals surface area contributed by atoms with Crippen molar-refractivity contribution in [3.63, 3.8) is 0 Å². The number of hydrazone groups is 1. The van der Waals surface area contributed by atoms with Gasteiger partial charge in [-0.25, -0.2) is 18.2 Å². The Morgan fingerprint density at radius 2 is 1.61 bits per heavy atom. The summed E-state index contributed by atoms with van der Waals surface area (Å²) in [5.74, 6) is -0.987. The van der Waals surface area contributed by atoms with Crippen molar-refractivity contribution in [2.24, 2.45) is 5.10 Å². The minimum absolute atomic E-state index is 0.0762. The number of rotatable bonds is 7. The van der Waals surface area contributed by atoms with E-state index < -0.39 is 22.5 Å². The molecule has 0 heterocycles. The number of carbonyl (C=O) groups excluding carboxylic acids is 1. The zero-order valence-electron chi connectivity index (χ0n) is 16.5. The standard InChI is InChI=1S/C22H19FIN3O3S/c1-16(17-7-9-18(23)10-8-17)25-26-22(28)15-27(20-13-11-19(24)12-14-20)31(29,30)21-5-3-2-4-6-21/h2-14H,15H2,1H3,(H,26,28)/b25-16-. The van der Waals surface area contributed by atoms with Gasteiger partial charge in [-0.1, -0.05) is 30.3 Å². The Labute approximate surface area is 194 Å². The van der Waals surface area contributed by atoms with Crippen LogP contribution in [0.2, 0.25) is 0 Å². The maximum atomic E-state index is 13.2. The average molecular weight is 551 g/mol. The lowest BCUT2D eigenvalue weighted by Gasteiger charge is -2.23. The van der Waals surface area contributed by atoms with Gasteiger partial charge in [-0.3, -0.25) is 9.10 Å². The lowest BCUT2D eigenvalue weighted by Crippen LogP contribution is -2.39. The maximum absolute atomic E-state index is 13.2. The Morgan fingerprint density at radius 1 is 1.00 bits per heavy atom. The topological polar surface area (TPSA) is 78.8 Å². The van der Waals surface area contributed by atoms with E-state index in [2.05, 4.69) is 33.1 Å². The predicted octanol–water partition coefficient (Wildman–Crippen LogP) is 4.17. The predicted molar refractivity (Wildman–Crippen MR) is 127 cm³/mol. The van der Waals surface area contributed by atoms with Gasteiger partial charge in [0, 0.05) is 3.57 Å². The lowest BCUT2D eigenvalue weighted by atomic mass is 10.1.